The van der Waals surface area contributed by atoms with Gasteiger partial charge in [-0.15, -0.1) is 0 Å². The normalized spacial score (nSPS) is 11.7. The summed E-state index contributed by atoms with van der Waals surface area (Å²) in [4.78, 5) is 17.5. The van der Waals surface area contributed by atoms with Gasteiger partial charge in [0, 0.05) is 17.3 Å². The minimum Gasteiger partial charge on any atom is -0.306 e. The number of nitrogens with zero attached hydrogens (tertiary/aromatic N) is 2. The van der Waals surface area contributed by atoms with E-state index in [-0.39, 0.29) is 28.4 Å². The molecule has 0 aliphatic heterocycles. The molecule has 0 unspecified atom stereocenters. The van der Waals surface area contributed by atoms with E-state index in [1.807, 2.05) is 31.2 Å². The number of aryl methyl sites for hydroxylation is 1. The van der Waals surface area contributed by atoms with Crippen molar-refractivity contribution < 1.29 is 13.6 Å². The Hall–Kier alpha value is -3.54. The molecule has 0 atom stereocenters. The predicted octanol–water partition coefficient (Wildman–Crippen LogP) is 6.14. The molecule has 2 aromatic heterocycles. The van der Waals surface area contributed by atoms with Crippen molar-refractivity contribution >= 4 is 17.4 Å². The van der Waals surface area contributed by atoms with Crippen molar-refractivity contribution in [1.29, 1.82) is 0 Å². The molecule has 6 heteroatoms. The van der Waals surface area contributed by atoms with Gasteiger partial charge in [-0.25, -0.2) is 13.8 Å². The number of hydrogen-bond acceptors (Lipinski definition) is 2. The van der Waals surface area contributed by atoms with Crippen LogP contribution in [0.4, 0.5) is 14.6 Å². The van der Waals surface area contributed by atoms with Crippen LogP contribution >= 0.6 is 0 Å². The van der Waals surface area contributed by atoms with Crippen LogP contribution in [0.1, 0.15) is 42.3 Å². The van der Waals surface area contributed by atoms with Crippen LogP contribution in [0.15, 0.2) is 60.8 Å². The maximum atomic E-state index is 14.5. The zero-order chi connectivity index (χ0) is 22.3. The summed E-state index contributed by atoms with van der Waals surface area (Å²) in [7, 11) is 0. The SMILES string of the molecule is Cc1ccn2c(NC(=O)c3ccc(C(C)(C)C)cc3)c(-c3cc(F)ccc3F)nc2c1. The van der Waals surface area contributed by atoms with Crippen molar-refractivity contribution in [3.8, 4) is 11.3 Å². The Labute approximate surface area is 179 Å². The fourth-order valence-electron chi connectivity index (χ4n) is 3.43. The Morgan fingerprint density at radius 2 is 1.71 bits per heavy atom. The number of carbonyl (C=O) groups excluding carboxylic acids is 1. The molecule has 0 radical (unpaired) electrons. The first kappa shape index (κ1) is 20.7. The molecule has 0 fully saturated rings. The number of pyridine rings is 1. The molecule has 0 aliphatic carbocycles. The molecule has 2 aromatic carbocycles. The van der Waals surface area contributed by atoms with E-state index in [0.29, 0.717) is 11.2 Å². The molecule has 0 aliphatic rings. The fourth-order valence-corrected chi connectivity index (χ4v) is 3.43. The summed E-state index contributed by atoms with van der Waals surface area (Å²) in [6.45, 7) is 8.21. The summed E-state index contributed by atoms with van der Waals surface area (Å²) in [5, 5.41) is 2.85. The average Bonchev–Trinajstić information content (AvgIpc) is 3.06. The Bertz CT molecular complexity index is 1280. The van der Waals surface area contributed by atoms with Gasteiger partial charge in [0.15, 0.2) is 0 Å². The van der Waals surface area contributed by atoms with Crippen LogP contribution in [0.5, 0.6) is 0 Å². The van der Waals surface area contributed by atoms with Crippen LogP contribution in [-0.2, 0) is 5.41 Å². The molecule has 1 N–H and O–H groups in total. The number of imidazole rings is 1. The summed E-state index contributed by atoms with van der Waals surface area (Å²) in [6, 6.07) is 14.2. The number of hydrogen-bond donors (Lipinski definition) is 1. The van der Waals surface area contributed by atoms with Crippen molar-refractivity contribution in [2.45, 2.75) is 33.1 Å². The van der Waals surface area contributed by atoms with E-state index in [1.165, 1.54) is 0 Å². The Balaban J connectivity index is 1.79. The topological polar surface area (TPSA) is 46.4 Å². The Kier molecular flexibility index (Phi) is 5.09. The molecule has 4 nitrogen and oxygen atoms in total. The van der Waals surface area contributed by atoms with Crippen LogP contribution in [0.25, 0.3) is 16.9 Å². The number of rotatable bonds is 3. The molecule has 0 bridgehead atoms. The summed E-state index contributed by atoms with van der Waals surface area (Å²) < 4.78 is 30.0. The zero-order valence-corrected chi connectivity index (χ0v) is 17.8. The number of anilines is 1. The van der Waals surface area contributed by atoms with Crippen LogP contribution in [0.3, 0.4) is 0 Å². The van der Waals surface area contributed by atoms with Gasteiger partial charge in [0.05, 0.1) is 0 Å². The first-order valence-electron chi connectivity index (χ1n) is 9.99. The van der Waals surface area contributed by atoms with E-state index in [1.54, 1.807) is 22.7 Å². The fraction of sp³-hybridized carbons (Fsp3) is 0.200. The smallest absolute Gasteiger partial charge is 0.256 e. The molecule has 0 saturated heterocycles. The summed E-state index contributed by atoms with van der Waals surface area (Å²) in [5.74, 6) is -1.28. The van der Waals surface area contributed by atoms with Crippen LogP contribution in [0.2, 0.25) is 0 Å². The summed E-state index contributed by atoms with van der Waals surface area (Å²) in [6.07, 6.45) is 1.75. The quantitative estimate of drug-likeness (QED) is 0.434. The summed E-state index contributed by atoms with van der Waals surface area (Å²) >= 11 is 0. The van der Waals surface area contributed by atoms with Crippen molar-refractivity contribution in [2.75, 3.05) is 5.32 Å². The number of benzene rings is 2. The Morgan fingerprint density at radius 3 is 2.39 bits per heavy atom. The number of halogens is 2. The van der Waals surface area contributed by atoms with Gasteiger partial charge < -0.3 is 5.32 Å². The molecule has 31 heavy (non-hydrogen) atoms. The van der Waals surface area contributed by atoms with Crippen LogP contribution in [0, 0.1) is 18.6 Å². The Morgan fingerprint density at radius 1 is 1.00 bits per heavy atom. The molecular formula is C25H23F2N3O. The second-order valence-corrected chi connectivity index (χ2v) is 8.65. The molecule has 1 amide bonds. The largest absolute Gasteiger partial charge is 0.306 e. The van der Waals surface area contributed by atoms with Gasteiger partial charge in [-0.2, -0.15) is 0 Å². The van der Waals surface area contributed by atoms with Gasteiger partial charge in [-0.1, -0.05) is 32.9 Å². The van der Waals surface area contributed by atoms with Crippen molar-refractivity contribution in [1.82, 2.24) is 9.38 Å². The first-order chi connectivity index (χ1) is 14.6. The van der Waals surface area contributed by atoms with E-state index in [9.17, 15) is 13.6 Å². The van der Waals surface area contributed by atoms with Crippen molar-refractivity contribution in [3.63, 3.8) is 0 Å². The number of fused-ring (bicyclic) bond motifs is 1. The first-order valence-corrected chi connectivity index (χ1v) is 9.99. The van der Waals surface area contributed by atoms with E-state index in [2.05, 4.69) is 31.1 Å². The third-order valence-electron chi connectivity index (χ3n) is 5.21. The third kappa shape index (κ3) is 4.06. The van der Waals surface area contributed by atoms with Crippen molar-refractivity contribution in [3.05, 3.63) is 89.1 Å². The van der Waals surface area contributed by atoms with Gasteiger partial charge in [-0.05, 0) is 65.9 Å². The second-order valence-electron chi connectivity index (χ2n) is 8.65. The van der Waals surface area contributed by atoms with E-state index in [0.717, 1.165) is 29.3 Å². The lowest BCUT2D eigenvalue weighted by Gasteiger charge is -2.19. The van der Waals surface area contributed by atoms with Crippen LogP contribution < -0.4 is 5.32 Å². The van der Waals surface area contributed by atoms with Gasteiger partial charge in [-0.3, -0.25) is 9.20 Å². The number of amides is 1. The van der Waals surface area contributed by atoms with Gasteiger partial charge in [0.2, 0.25) is 0 Å². The minimum atomic E-state index is -0.619. The minimum absolute atomic E-state index is 0.0141. The molecule has 4 rings (SSSR count). The second kappa shape index (κ2) is 7.61. The van der Waals surface area contributed by atoms with Crippen LogP contribution in [-0.4, -0.2) is 15.3 Å². The molecule has 0 spiro atoms. The molecule has 0 saturated carbocycles. The highest BCUT2D eigenvalue weighted by molar-refractivity contribution is 6.05. The van der Waals surface area contributed by atoms with Gasteiger partial charge in [0.1, 0.15) is 28.8 Å². The lowest BCUT2D eigenvalue weighted by molar-refractivity contribution is 0.102. The monoisotopic (exact) mass is 419 g/mol. The molecule has 2 heterocycles. The summed E-state index contributed by atoms with van der Waals surface area (Å²) in [5.41, 5.74) is 3.17. The third-order valence-corrected chi connectivity index (χ3v) is 5.21. The average molecular weight is 419 g/mol. The highest BCUT2D eigenvalue weighted by Crippen LogP contribution is 2.32. The van der Waals surface area contributed by atoms with E-state index < -0.39 is 11.6 Å². The van der Waals surface area contributed by atoms with Crippen molar-refractivity contribution in [2.24, 2.45) is 0 Å². The van der Waals surface area contributed by atoms with E-state index >= 15 is 0 Å². The standard InChI is InChI=1S/C25H23F2N3O/c1-15-11-12-30-21(13-15)28-22(19-14-18(26)9-10-20(19)27)23(30)29-24(31)16-5-7-17(8-6-16)25(2,3)4/h5-14H,1-4H3,(H,29,31). The highest BCUT2D eigenvalue weighted by atomic mass is 19.1. The predicted molar refractivity (Wildman–Crippen MR) is 118 cm³/mol. The zero-order valence-electron chi connectivity index (χ0n) is 17.8. The number of nitrogens with one attached hydrogen (secondary N) is 1. The lowest BCUT2D eigenvalue weighted by Crippen LogP contribution is -2.15. The lowest BCUT2D eigenvalue weighted by atomic mass is 9.87. The maximum absolute atomic E-state index is 14.5. The van der Waals surface area contributed by atoms with Gasteiger partial charge in [0.25, 0.3) is 5.91 Å². The maximum Gasteiger partial charge on any atom is 0.256 e. The van der Waals surface area contributed by atoms with E-state index in [4.69, 9.17) is 0 Å². The molecule has 158 valence electrons. The highest BCUT2D eigenvalue weighted by Gasteiger charge is 2.21. The number of aromatic nitrogens is 2. The molecular weight excluding hydrogens is 396 g/mol. The van der Waals surface area contributed by atoms with Gasteiger partial charge >= 0.3 is 0 Å². The number of carbonyl (C=O) groups is 1. The molecule has 4 aromatic rings.